The molecule has 108 valence electrons. The van der Waals surface area contributed by atoms with Gasteiger partial charge in [-0.2, -0.15) is 0 Å². The van der Waals surface area contributed by atoms with Crippen LogP contribution in [0.25, 0.3) is 0 Å². The minimum atomic E-state index is -2.22. The second-order valence-corrected chi connectivity index (χ2v) is 21.8. The fourth-order valence-electron chi connectivity index (χ4n) is 1.76. The van der Waals surface area contributed by atoms with Crippen LogP contribution < -0.4 is 0 Å². The molecule has 1 heterocycles. The molecule has 1 aliphatic rings. The van der Waals surface area contributed by atoms with Gasteiger partial charge in [-0.15, -0.1) is 0 Å². The van der Waals surface area contributed by atoms with Crippen LogP contribution in [-0.2, 0) is 24.7 Å². The molecule has 6 nitrogen and oxygen atoms in total. The first-order chi connectivity index (χ1) is 8.12. The van der Waals surface area contributed by atoms with Crippen LogP contribution >= 0.6 is 0 Å². The van der Waals surface area contributed by atoms with Gasteiger partial charge in [-0.3, -0.25) is 0 Å². The molecular weight excluding hydrogens is 337 g/mol. The molecule has 0 unspecified atom stereocenters. The first-order valence-corrected chi connectivity index (χ1v) is 17.9. The van der Waals surface area contributed by atoms with Gasteiger partial charge in [-0.1, -0.05) is 0 Å². The van der Waals surface area contributed by atoms with Crippen LogP contribution in [0.5, 0.6) is 0 Å². The highest BCUT2D eigenvalue weighted by molar-refractivity contribution is 6.86. The Morgan fingerprint density at radius 1 is 0.556 bits per heavy atom. The molecule has 1 saturated heterocycles. The van der Waals surface area contributed by atoms with Crippen LogP contribution in [-0.4, -0.2) is 55.7 Å². The Morgan fingerprint density at radius 3 is 1.33 bits per heavy atom. The van der Waals surface area contributed by atoms with Gasteiger partial charge in [0.15, 0.2) is 0 Å². The molecule has 0 atom stereocenters. The zero-order valence-electron chi connectivity index (χ0n) is 12.1. The summed E-state index contributed by atoms with van der Waals surface area (Å²) in [6.07, 6.45) is 0. The zero-order valence-corrected chi connectivity index (χ0v) is 19.3. The Labute approximate surface area is 120 Å². The van der Waals surface area contributed by atoms with Gasteiger partial charge in [0, 0.05) is 0 Å². The summed E-state index contributed by atoms with van der Waals surface area (Å²) in [7, 11) is -9.38. The summed E-state index contributed by atoms with van der Waals surface area (Å²) < 4.78 is 35.0. The van der Waals surface area contributed by atoms with Crippen molar-refractivity contribution in [1.29, 1.82) is 0 Å². The smallest absolute Gasteiger partial charge is 0.314 e. The lowest BCUT2D eigenvalue weighted by molar-refractivity contribution is 0.280. The average molecular weight is 361 g/mol. The lowest BCUT2D eigenvalue weighted by Crippen LogP contribution is -2.55. The zero-order chi connectivity index (χ0) is 13.9. The maximum atomic E-state index is 6.17. The maximum absolute atomic E-state index is 6.17. The molecule has 18 heavy (non-hydrogen) atoms. The van der Waals surface area contributed by atoms with E-state index < -0.39 is 55.7 Å². The number of hydrogen-bond acceptors (Lipinski definition) is 6. The fraction of sp³-hybridized carbons (Fsp3) is 1.00. The lowest BCUT2D eigenvalue weighted by Gasteiger charge is -2.38. The molecule has 0 spiro atoms. The van der Waals surface area contributed by atoms with E-state index in [0.29, 0.717) is 0 Å². The van der Waals surface area contributed by atoms with Crippen LogP contribution in [0, 0.1) is 0 Å². The Balaban J connectivity index is 2.72. The molecule has 1 aliphatic heterocycles. The van der Waals surface area contributed by atoms with Crippen molar-refractivity contribution in [3.63, 3.8) is 0 Å². The van der Waals surface area contributed by atoms with E-state index in [9.17, 15) is 0 Å². The van der Waals surface area contributed by atoms with Gasteiger partial charge in [0.25, 0.3) is 30.0 Å². The van der Waals surface area contributed by atoms with E-state index in [1.165, 1.54) is 0 Å². The van der Waals surface area contributed by atoms with Crippen LogP contribution in [0.4, 0.5) is 0 Å². The summed E-state index contributed by atoms with van der Waals surface area (Å²) in [6.45, 7) is 12.3. The molecule has 0 aromatic rings. The molecule has 0 aromatic carbocycles. The van der Waals surface area contributed by atoms with E-state index in [1.807, 2.05) is 26.2 Å². The van der Waals surface area contributed by atoms with Crippen molar-refractivity contribution in [3.8, 4) is 0 Å². The highest BCUT2D eigenvalue weighted by Gasteiger charge is 2.41. The minimum Gasteiger partial charge on any atom is -0.425 e. The van der Waals surface area contributed by atoms with Gasteiger partial charge in [0.05, 0.1) is 0 Å². The van der Waals surface area contributed by atoms with Gasteiger partial charge >= 0.3 is 25.7 Å². The molecule has 0 aliphatic carbocycles. The molecule has 12 heteroatoms. The monoisotopic (exact) mass is 360 g/mol. The quantitative estimate of drug-likeness (QED) is 0.527. The van der Waals surface area contributed by atoms with Crippen LogP contribution in [0.2, 0.25) is 39.3 Å². The van der Waals surface area contributed by atoms with Crippen molar-refractivity contribution in [2.24, 2.45) is 0 Å². The van der Waals surface area contributed by atoms with E-state index >= 15 is 0 Å². The lowest BCUT2D eigenvalue weighted by atomic mass is 11.9. The number of hydrogen-bond donors (Lipinski definition) is 0. The van der Waals surface area contributed by atoms with Crippen molar-refractivity contribution in [3.05, 3.63) is 0 Å². The third kappa shape index (κ3) is 7.01. The molecule has 1 fully saturated rings. The van der Waals surface area contributed by atoms with Crippen LogP contribution in [0.3, 0.4) is 0 Å². The van der Waals surface area contributed by atoms with E-state index in [0.717, 1.165) is 0 Å². The fourth-order valence-corrected chi connectivity index (χ4v) is 19.8. The normalized spacial score (nSPS) is 33.0. The summed E-state index contributed by atoms with van der Waals surface area (Å²) >= 11 is 0. The van der Waals surface area contributed by atoms with Gasteiger partial charge in [-0.25, -0.2) is 0 Å². The van der Waals surface area contributed by atoms with Gasteiger partial charge in [0.1, 0.15) is 0 Å². The Hall–Kier alpha value is 1.06. The average Bonchev–Trinajstić information content (AvgIpc) is 2.10. The van der Waals surface area contributed by atoms with Crippen molar-refractivity contribution in [1.82, 2.24) is 0 Å². The Kier molecular flexibility index (Phi) is 6.35. The van der Waals surface area contributed by atoms with Gasteiger partial charge in [0.2, 0.25) is 0 Å². The topological polar surface area (TPSA) is 55.4 Å². The first kappa shape index (κ1) is 17.1. The second kappa shape index (κ2) is 6.68. The second-order valence-electron chi connectivity index (χ2n) is 5.45. The summed E-state index contributed by atoms with van der Waals surface area (Å²) in [5.41, 5.74) is 0. The maximum Gasteiger partial charge on any atom is 0.314 e. The molecule has 0 amide bonds. The summed E-state index contributed by atoms with van der Waals surface area (Å²) in [5.74, 6) is 0. The van der Waals surface area contributed by atoms with E-state index in [2.05, 4.69) is 13.1 Å². The molecular formula is C6H24O6Si6. The van der Waals surface area contributed by atoms with Crippen molar-refractivity contribution in [2.45, 2.75) is 39.3 Å². The van der Waals surface area contributed by atoms with Crippen molar-refractivity contribution < 1.29 is 24.7 Å². The van der Waals surface area contributed by atoms with E-state index in [4.69, 9.17) is 24.7 Å². The van der Waals surface area contributed by atoms with E-state index in [1.54, 1.807) is 0 Å². The molecule has 0 saturated carbocycles. The van der Waals surface area contributed by atoms with Crippen LogP contribution in [0.15, 0.2) is 0 Å². The Morgan fingerprint density at radius 2 is 0.944 bits per heavy atom. The van der Waals surface area contributed by atoms with Crippen molar-refractivity contribution in [2.75, 3.05) is 0 Å². The third-order valence-electron chi connectivity index (χ3n) is 2.13. The minimum absolute atomic E-state index is 0.920. The highest BCUT2D eigenvalue weighted by Crippen LogP contribution is 2.21. The number of rotatable bonds is 0. The predicted molar refractivity (Wildman–Crippen MR) is 84.6 cm³/mol. The molecule has 0 radical (unpaired) electrons. The Bertz CT molecular complexity index is 249. The summed E-state index contributed by atoms with van der Waals surface area (Å²) in [4.78, 5) is 0. The largest absolute Gasteiger partial charge is 0.425 e. The molecule has 0 N–H and O–H groups in total. The molecule has 1 rings (SSSR count). The van der Waals surface area contributed by atoms with Gasteiger partial charge < -0.3 is 24.7 Å². The van der Waals surface area contributed by atoms with Crippen molar-refractivity contribution >= 4 is 55.7 Å². The van der Waals surface area contributed by atoms with Gasteiger partial charge in [-0.05, 0) is 39.3 Å². The standard InChI is InChI=1S/C6H24O6Si6/c1-16(2)9-14-7-13-8-15-10-17(3,4)12-18(5,6)11-16/h13-15H2,1-6H3. The SMILES string of the molecule is C[Si]1(C)O[SiH2]O[SiH2]O[SiH2]O[Si](C)(C)O[Si](C)(C)O1. The first-order valence-electron chi connectivity index (χ1n) is 5.96. The summed E-state index contributed by atoms with van der Waals surface area (Å²) in [5, 5.41) is 0. The predicted octanol–water partition coefficient (Wildman–Crippen LogP) is -0.799. The third-order valence-corrected chi connectivity index (χ3v) is 19.2. The molecule has 0 bridgehead atoms. The van der Waals surface area contributed by atoms with Crippen LogP contribution in [0.1, 0.15) is 0 Å². The highest BCUT2D eigenvalue weighted by atomic mass is 28.5. The summed E-state index contributed by atoms with van der Waals surface area (Å²) in [6, 6.07) is 0. The van der Waals surface area contributed by atoms with E-state index in [-0.39, 0.29) is 0 Å². The molecule has 0 aromatic heterocycles.